The Bertz CT molecular complexity index is 639. The first kappa shape index (κ1) is 24.3. The molecule has 2 heterocycles. The molecule has 0 amide bonds. The average Bonchev–Trinajstić information content (AvgIpc) is 2.85. The van der Waals surface area contributed by atoms with Crippen LogP contribution in [-0.2, 0) is 21.3 Å². The summed E-state index contributed by atoms with van der Waals surface area (Å²) in [5.74, 6) is 0. The molecule has 0 radical (unpaired) electrons. The first-order chi connectivity index (χ1) is 15.8. The fraction of sp³-hybridized carbons (Fsp3) is 1.00. The normalized spacial score (nSPS) is 46.9. The lowest BCUT2D eigenvalue weighted by atomic mass is 9.95. The van der Waals surface area contributed by atoms with Crippen LogP contribution >= 0.6 is 6.04 Å². The molecule has 0 aromatic carbocycles. The molecule has 4 heteroatoms. The van der Waals surface area contributed by atoms with Gasteiger partial charge >= 0.3 is 0 Å². The van der Waals surface area contributed by atoms with E-state index in [2.05, 4.69) is 0 Å². The topological polar surface area (TPSA) is 18.5 Å². The lowest BCUT2D eigenvalue weighted by molar-refractivity contribution is -0.100. The highest BCUT2D eigenvalue weighted by molar-refractivity contribution is 8.15. The zero-order valence-corrected chi connectivity index (χ0v) is 22.3. The molecule has 2 aliphatic heterocycles. The predicted molar refractivity (Wildman–Crippen MR) is 140 cm³/mol. The first-order valence-corrected chi connectivity index (χ1v) is 17.7. The summed E-state index contributed by atoms with van der Waals surface area (Å²) in [7, 11) is 0. The quantitative estimate of drug-likeness (QED) is 0.325. The molecule has 32 heavy (non-hydrogen) atoms. The Labute approximate surface area is 203 Å². The molecule has 0 spiro atoms. The minimum atomic E-state index is -1.58. The second kappa shape index (κ2) is 11.5. The summed E-state index contributed by atoms with van der Waals surface area (Å²) in [5, 5.41) is 0. The molecule has 0 N–H and O–H groups in total. The van der Waals surface area contributed by atoms with E-state index < -0.39 is 6.04 Å². The van der Waals surface area contributed by atoms with Crippen LogP contribution in [0.25, 0.3) is 0 Å². The Balaban J connectivity index is 1.54. The van der Waals surface area contributed by atoms with Crippen molar-refractivity contribution in [3.05, 3.63) is 0 Å². The largest absolute Gasteiger partial charge is 0.374 e. The summed E-state index contributed by atoms with van der Waals surface area (Å²) < 4.78 is 14.3. The van der Waals surface area contributed by atoms with Crippen molar-refractivity contribution >= 4 is 17.8 Å². The van der Waals surface area contributed by atoms with Crippen LogP contribution in [0, 0.1) is 0 Å². The molecule has 2 nitrogen and oxygen atoms in total. The average molecular weight is 481 g/mol. The highest BCUT2D eigenvalue weighted by Gasteiger charge is 2.59. The van der Waals surface area contributed by atoms with Crippen LogP contribution in [0.3, 0.4) is 0 Å². The van der Waals surface area contributed by atoms with Crippen molar-refractivity contribution in [3.8, 4) is 0 Å². The molecule has 0 aromatic heterocycles. The van der Waals surface area contributed by atoms with Gasteiger partial charge in [-0.1, -0.05) is 108 Å². The number of hydrogen-bond donors (Lipinski definition) is 0. The highest BCUT2D eigenvalue weighted by Crippen LogP contribution is 2.72. The van der Waals surface area contributed by atoms with E-state index >= 15 is 0 Å². The third kappa shape index (κ3) is 5.08. The zero-order valence-electron chi connectivity index (χ0n) is 20.6. The van der Waals surface area contributed by atoms with Gasteiger partial charge in [0.1, 0.15) is 0 Å². The summed E-state index contributed by atoms with van der Waals surface area (Å²) in [6.07, 6.45) is 30.4. The van der Waals surface area contributed by atoms with Crippen LogP contribution in [0.4, 0.5) is 0 Å². The van der Waals surface area contributed by atoms with Crippen LogP contribution in [0.2, 0.25) is 0 Å². The van der Waals surface area contributed by atoms with E-state index in [0.717, 1.165) is 0 Å². The minimum Gasteiger partial charge on any atom is -0.374 e. The van der Waals surface area contributed by atoms with Gasteiger partial charge in [-0.25, -0.2) is 0 Å². The lowest BCUT2D eigenvalue weighted by Gasteiger charge is -2.60. The minimum absolute atomic E-state index is 0.400. The molecule has 3 saturated carbocycles. The van der Waals surface area contributed by atoms with Crippen molar-refractivity contribution < 1.29 is 9.47 Å². The Hall–Kier alpha value is 0.570. The molecule has 0 bridgehead atoms. The van der Waals surface area contributed by atoms with E-state index in [1.54, 1.807) is 0 Å². The maximum absolute atomic E-state index is 7.20. The zero-order chi connectivity index (χ0) is 21.8. The second-order valence-corrected chi connectivity index (χ2v) is 17.2. The molecule has 3 aliphatic carbocycles. The van der Waals surface area contributed by atoms with Gasteiger partial charge in [-0.05, 0) is 44.6 Å². The Morgan fingerprint density at radius 2 is 0.719 bits per heavy atom. The van der Waals surface area contributed by atoms with Crippen molar-refractivity contribution in [2.75, 3.05) is 0 Å². The van der Waals surface area contributed by atoms with Gasteiger partial charge in [-0.15, -0.1) is 0 Å². The summed E-state index contributed by atoms with van der Waals surface area (Å²) in [5.41, 5.74) is 1.96. The van der Waals surface area contributed by atoms with E-state index in [1.807, 2.05) is 0 Å². The van der Waals surface area contributed by atoms with Crippen molar-refractivity contribution in [1.82, 2.24) is 0 Å². The number of ether oxygens (including phenoxy) is 2. The molecule has 5 fully saturated rings. The van der Waals surface area contributed by atoms with Crippen LogP contribution in [0.15, 0.2) is 0 Å². The molecule has 2 saturated heterocycles. The van der Waals surface area contributed by atoms with Gasteiger partial charge in [0.2, 0.25) is 0 Å². The molecule has 184 valence electrons. The van der Waals surface area contributed by atoms with Crippen LogP contribution < -0.4 is 0 Å². The molecular weight excluding hydrogens is 431 g/mol. The van der Waals surface area contributed by atoms with Gasteiger partial charge < -0.3 is 9.47 Å². The van der Waals surface area contributed by atoms with Crippen molar-refractivity contribution in [2.24, 2.45) is 0 Å². The van der Waals surface area contributed by atoms with Crippen LogP contribution in [-0.4, -0.2) is 41.4 Å². The van der Waals surface area contributed by atoms with E-state index in [1.165, 1.54) is 135 Å². The van der Waals surface area contributed by atoms with E-state index in [0.29, 0.717) is 41.4 Å². The maximum atomic E-state index is 7.20. The molecular formula is C28H49O2PS. The Morgan fingerprint density at radius 3 is 1.12 bits per heavy atom. The summed E-state index contributed by atoms with van der Waals surface area (Å²) in [6.45, 7) is 0. The smallest absolute Gasteiger partial charge is 0.0679 e. The molecule has 5 aliphatic rings. The van der Waals surface area contributed by atoms with E-state index in [9.17, 15) is 0 Å². The van der Waals surface area contributed by atoms with Crippen molar-refractivity contribution in [3.63, 3.8) is 0 Å². The fourth-order valence-electron chi connectivity index (χ4n) is 8.21. The van der Waals surface area contributed by atoms with Gasteiger partial charge in [0.05, 0.1) is 24.4 Å². The monoisotopic (exact) mass is 480 g/mol. The van der Waals surface area contributed by atoms with Crippen molar-refractivity contribution in [2.45, 2.75) is 176 Å². The van der Waals surface area contributed by atoms with E-state index in [-0.39, 0.29) is 0 Å². The second-order valence-electron chi connectivity index (χ2n) is 11.9. The summed E-state index contributed by atoms with van der Waals surface area (Å²) >= 11 is 7.20. The third-order valence-corrected chi connectivity index (χ3v) is 17.0. The SMILES string of the molecule is S=P12C3CCCCCCCC3OC3CCCCCCCCC(OC4CCCCCCC41)C32. The van der Waals surface area contributed by atoms with Gasteiger partial charge in [-0.2, -0.15) is 0 Å². The first-order valence-electron chi connectivity index (χ1n) is 14.7. The number of hydrogen-bond acceptors (Lipinski definition) is 3. The van der Waals surface area contributed by atoms with Crippen molar-refractivity contribution in [1.29, 1.82) is 0 Å². The predicted octanol–water partition coefficient (Wildman–Crippen LogP) is 8.34. The molecule has 8 unspecified atom stereocenters. The van der Waals surface area contributed by atoms with Crippen LogP contribution in [0.5, 0.6) is 0 Å². The third-order valence-electron chi connectivity index (χ3n) is 9.78. The van der Waals surface area contributed by atoms with Crippen LogP contribution in [0.1, 0.15) is 135 Å². The lowest BCUT2D eigenvalue weighted by Crippen LogP contribution is -2.59. The molecule has 5 rings (SSSR count). The number of rotatable bonds is 0. The fourth-order valence-corrected chi connectivity index (χ4v) is 16.0. The molecule has 8 atom stereocenters. The summed E-state index contributed by atoms with van der Waals surface area (Å²) in [4.78, 5) is 0. The van der Waals surface area contributed by atoms with E-state index in [4.69, 9.17) is 21.3 Å². The maximum Gasteiger partial charge on any atom is 0.0679 e. The van der Waals surface area contributed by atoms with Gasteiger partial charge in [0.25, 0.3) is 0 Å². The summed E-state index contributed by atoms with van der Waals surface area (Å²) in [6, 6.07) is -1.58. The Morgan fingerprint density at radius 1 is 0.406 bits per heavy atom. The van der Waals surface area contributed by atoms with Gasteiger partial charge in [0, 0.05) is 17.0 Å². The van der Waals surface area contributed by atoms with Gasteiger partial charge in [0.15, 0.2) is 0 Å². The standard InChI is InChI=1S/C28H49O2PS/c32-31-26-20-14-7-3-6-10-16-22(26)29-24-18-12-4-1-2-5-13-19-25(28(24)31)30-23-17-11-8-9-15-21-27(23)31/h22-28H,1-21H2. The number of fused-ring (bicyclic) bond motifs is 4. The van der Waals surface area contributed by atoms with Gasteiger partial charge in [-0.3, -0.25) is 0 Å². The molecule has 0 aromatic rings. The highest BCUT2D eigenvalue weighted by atomic mass is 32.4. The Kier molecular flexibility index (Phi) is 8.75.